The van der Waals surface area contributed by atoms with E-state index in [0.29, 0.717) is 0 Å². The molecule has 1 saturated carbocycles. The summed E-state index contributed by atoms with van der Waals surface area (Å²) in [5.41, 5.74) is 0. The van der Waals surface area contributed by atoms with E-state index in [0.717, 1.165) is 5.92 Å². The van der Waals surface area contributed by atoms with E-state index in [9.17, 15) is 0 Å². The Morgan fingerprint density at radius 1 is 1.00 bits per heavy atom. The zero-order valence-corrected chi connectivity index (χ0v) is 10.1. The fourth-order valence-corrected chi connectivity index (χ4v) is 2.58. The van der Waals surface area contributed by atoms with Gasteiger partial charge in [-0.25, -0.2) is 0 Å². The lowest BCUT2D eigenvalue weighted by atomic mass is 9.79. The van der Waals surface area contributed by atoms with E-state index >= 15 is 0 Å². The molecular formula is C14H27. The highest BCUT2D eigenvalue weighted by atomic mass is 14.2. The molecule has 0 aromatic heterocycles. The molecule has 0 saturated heterocycles. The van der Waals surface area contributed by atoms with E-state index < -0.39 is 0 Å². The quantitative estimate of drug-likeness (QED) is 0.515. The third-order valence-electron chi connectivity index (χ3n) is 3.68. The monoisotopic (exact) mass is 195 g/mol. The summed E-state index contributed by atoms with van der Waals surface area (Å²) in [5, 5.41) is 0. The van der Waals surface area contributed by atoms with Gasteiger partial charge in [0, 0.05) is 0 Å². The lowest BCUT2D eigenvalue weighted by Crippen LogP contribution is -2.13. The molecule has 0 nitrogen and oxygen atoms in total. The van der Waals surface area contributed by atoms with Crippen molar-refractivity contribution in [1.82, 2.24) is 0 Å². The van der Waals surface area contributed by atoms with Crippen LogP contribution in [-0.4, -0.2) is 0 Å². The van der Waals surface area contributed by atoms with Crippen molar-refractivity contribution in [3.63, 3.8) is 0 Å². The van der Waals surface area contributed by atoms with E-state index in [-0.39, 0.29) is 0 Å². The van der Waals surface area contributed by atoms with Gasteiger partial charge in [-0.3, -0.25) is 0 Å². The lowest BCUT2D eigenvalue weighted by Gasteiger charge is -2.27. The van der Waals surface area contributed by atoms with Crippen LogP contribution in [0.15, 0.2) is 0 Å². The second-order valence-electron chi connectivity index (χ2n) is 4.97. The standard InChI is InChI=1S/C14H27/c1-3-4-5-7-10-13(2)14-11-8-6-9-12-14/h13H,3-12H2,1-2H3. The molecule has 0 bridgehead atoms. The fraction of sp³-hybridized carbons (Fsp3) is 0.929. The summed E-state index contributed by atoms with van der Waals surface area (Å²) < 4.78 is 0. The largest absolute Gasteiger partial charge is 0.0654 e. The molecule has 1 rings (SSSR count). The predicted molar refractivity (Wildman–Crippen MR) is 64.3 cm³/mol. The lowest BCUT2D eigenvalue weighted by molar-refractivity contribution is 0.406. The molecule has 0 amide bonds. The maximum absolute atomic E-state index is 2.45. The third kappa shape index (κ3) is 4.48. The molecule has 0 aliphatic heterocycles. The van der Waals surface area contributed by atoms with Gasteiger partial charge in [0.25, 0.3) is 0 Å². The van der Waals surface area contributed by atoms with Gasteiger partial charge in [-0.1, -0.05) is 65.2 Å². The summed E-state index contributed by atoms with van der Waals surface area (Å²) in [5.74, 6) is 2.81. The first kappa shape index (κ1) is 12.1. The normalized spacial score (nSPS) is 21.0. The average molecular weight is 195 g/mol. The van der Waals surface area contributed by atoms with Gasteiger partial charge in [0.05, 0.1) is 0 Å². The minimum Gasteiger partial charge on any atom is -0.0654 e. The minimum atomic E-state index is 0.923. The van der Waals surface area contributed by atoms with E-state index in [1.165, 1.54) is 64.2 Å². The second-order valence-corrected chi connectivity index (χ2v) is 4.97. The average Bonchev–Trinajstić information content (AvgIpc) is 2.25. The SMILES string of the molecule is CCCCCCC(C)[C]1CCCCC1. The molecule has 1 radical (unpaired) electrons. The summed E-state index contributed by atoms with van der Waals surface area (Å²) >= 11 is 0. The van der Waals surface area contributed by atoms with Gasteiger partial charge in [-0.05, 0) is 24.7 Å². The second kappa shape index (κ2) is 7.31. The maximum atomic E-state index is 2.45. The summed E-state index contributed by atoms with van der Waals surface area (Å²) in [6.07, 6.45) is 14.5. The van der Waals surface area contributed by atoms with Crippen molar-refractivity contribution in [1.29, 1.82) is 0 Å². The van der Waals surface area contributed by atoms with Gasteiger partial charge in [0.2, 0.25) is 0 Å². The van der Waals surface area contributed by atoms with Crippen molar-refractivity contribution in [2.75, 3.05) is 0 Å². The molecule has 0 aromatic rings. The Balaban J connectivity index is 2.04. The Labute approximate surface area is 90.5 Å². The Bertz CT molecular complexity index is 122. The highest BCUT2D eigenvalue weighted by molar-refractivity contribution is 4.96. The summed E-state index contributed by atoms with van der Waals surface area (Å²) in [7, 11) is 0. The molecule has 0 aromatic carbocycles. The highest BCUT2D eigenvalue weighted by Gasteiger charge is 2.19. The van der Waals surface area contributed by atoms with Crippen LogP contribution < -0.4 is 0 Å². The molecule has 14 heavy (non-hydrogen) atoms. The van der Waals surface area contributed by atoms with Crippen molar-refractivity contribution in [2.24, 2.45) is 5.92 Å². The highest BCUT2D eigenvalue weighted by Crippen LogP contribution is 2.34. The first-order chi connectivity index (χ1) is 6.84. The molecule has 1 aliphatic rings. The zero-order chi connectivity index (χ0) is 10.2. The van der Waals surface area contributed by atoms with Crippen LogP contribution in [0.3, 0.4) is 0 Å². The number of hydrogen-bond acceptors (Lipinski definition) is 0. The van der Waals surface area contributed by atoms with Gasteiger partial charge in [-0.2, -0.15) is 0 Å². The summed E-state index contributed by atoms with van der Waals surface area (Å²) in [6.45, 7) is 4.74. The van der Waals surface area contributed by atoms with E-state index in [4.69, 9.17) is 0 Å². The first-order valence-electron chi connectivity index (χ1n) is 6.69. The van der Waals surface area contributed by atoms with Gasteiger partial charge in [-0.15, -0.1) is 0 Å². The van der Waals surface area contributed by atoms with Gasteiger partial charge < -0.3 is 0 Å². The van der Waals surface area contributed by atoms with Crippen molar-refractivity contribution in [3.8, 4) is 0 Å². The van der Waals surface area contributed by atoms with Crippen molar-refractivity contribution in [2.45, 2.75) is 78.1 Å². The molecule has 83 valence electrons. The molecule has 0 heteroatoms. The first-order valence-corrected chi connectivity index (χ1v) is 6.69. The minimum absolute atomic E-state index is 0.923. The van der Waals surface area contributed by atoms with Crippen LogP contribution in [0.25, 0.3) is 0 Å². The van der Waals surface area contributed by atoms with Crippen LogP contribution in [0.4, 0.5) is 0 Å². The Morgan fingerprint density at radius 3 is 2.36 bits per heavy atom. The number of hydrogen-bond donors (Lipinski definition) is 0. The third-order valence-corrected chi connectivity index (χ3v) is 3.68. The van der Waals surface area contributed by atoms with Crippen LogP contribution in [0.2, 0.25) is 0 Å². The van der Waals surface area contributed by atoms with Gasteiger partial charge >= 0.3 is 0 Å². The van der Waals surface area contributed by atoms with E-state index in [1.807, 2.05) is 5.92 Å². The Kier molecular flexibility index (Phi) is 6.31. The Morgan fingerprint density at radius 2 is 1.71 bits per heavy atom. The van der Waals surface area contributed by atoms with E-state index in [1.54, 1.807) is 0 Å². The zero-order valence-electron chi connectivity index (χ0n) is 10.1. The van der Waals surface area contributed by atoms with Crippen LogP contribution in [0.1, 0.15) is 78.1 Å². The molecule has 1 fully saturated rings. The molecule has 1 atom stereocenters. The van der Waals surface area contributed by atoms with Crippen molar-refractivity contribution < 1.29 is 0 Å². The van der Waals surface area contributed by atoms with Crippen molar-refractivity contribution in [3.05, 3.63) is 5.92 Å². The topological polar surface area (TPSA) is 0 Å². The number of unbranched alkanes of at least 4 members (excludes halogenated alkanes) is 3. The van der Waals surface area contributed by atoms with Crippen molar-refractivity contribution >= 4 is 0 Å². The van der Waals surface area contributed by atoms with Crippen LogP contribution in [0, 0.1) is 11.8 Å². The number of rotatable bonds is 6. The Hall–Kier alpha value is 0. The molecule has 1 unspecified atom stereocenters. The summed E-state index contributed by atoms with van der Waals surface area (Å²) in [6, 6.07) is 0. The van der Waals surface area contributed by atoms with Crippen LogP contribution in [0.5, 0.6) is 0 Å². The molecule has 1 aliphatic carbocycles. The molecule has 0 heterocycles. The maximum Gasteiger partial charge on any atom is -0.0213 e. The van der Waals surface area contributed by atoms with E-state index in [2.05, 4.69) is 13.8 Å². The molecule has 0 spiro atoms. The molecular weight excluding hydrogens is 168 g/mol. The smallest absolute Gasteiger partial charge is 0.0213 e. The fourth-order valence-electron chi connectivity index (χ4n) is 2.58. The van der Waals surface area contributed by atoms with Gasteiger partial charge in [0.15, 0.2) is 0 Å². The van der Waals surface area contributed by atoms with Crippen LogP contribution >= 0.6 is 0 Å². The van der Waals surface area contributed by atoms with Crippen LogP contribution in [-0.2, 0) is 0 Å². The summed E-state index contributed by atoms with van der Waals surface area (Å²) in [4.78, 5) is 0. The predicted octanol–water partition coefficient (Wildman–Crippen LogP) is 5.13. The van der Waals surface area contributed by atoms with Gasteiger partial charge in [0.1, 0.15) is 0 Å². The molecule has 0 N–H and O–H groups in total.